The zero-order chi connectivity index (χ0) is 11.0. The van der Waals surface area contributed by atoms with Crippen LogP contribution in [-0.4, -0.2) is 19.6 Å². The summed E-state index contributed by atoms with van der Waals surface area (Å²) in [6.45, 7) is 2.20. The van der Waals surface area contributed by atoms with E-state index in [1.54, 1.807) is 11.9 Å². The van der Waals surface area contributed by atoms with Crippen LogP contribution in [0.4, 0.5) is 5.69 Å². The van der Waals surface area contributed by atoms with Gasteiger partial charge in [-0.1, -0.05) is 22.9 Å². The summed E-state index contributed by atoms with van der Waals surface area (Å²) in [4.78, 5) is 13.1. The predicted octanol–water partition coefficient (Wildman–Crippen LogP) is 2.37. The monoisotopic (exact) mass is 269 g/mol. The molecule has 0 aliphatic carbocycles. The molecule has 0 aromatic heterocycles. The van der Waals surface area contributed by atoms with Gasteiger partial charge in [0.1, 0.15) is 5.75 Å². The highest BCUT2D eigenvalue weighted by atomic mass is 79.9. The highest BCUT2D eigenvalue weighted by Crippen LogP contribution is 2.38. The van der Waals surface area contributed by atoms with Gasteiger partial charge >= 0.3 is 0 Å². The first-order chi connectivity index (χ1) is 7.15. The number of carbonyl (C=O) groups excluding carboxylic acids is 1. The topological polar surface area (TPSA) is 29.5 Å². The van der Waals surface area contributed by atoms with Crippen LogP contribution in [0, 0.1) is 0 Å². The second-order valence-corrected chi connectivity index (χ2v) is 4.32. The summed E-state index contributed by atoms with van der Waals surface area (Å²) in [5.41, 5.74) is 1.97. The van der Waals surface area contributed by atoms with Gasteiger partial charge in [0, 0.05) is 17.1 Å². The number of anilines is 1. The van der Waals surface area contributed by atoms with E-state index in [9.17, 15) is 4.79 Å². The minimum absolute atomic E-state index is 0.00752. The van der Waals surface area contributed by atoms with Crippen LogP contribution in [0.15, 0.2) is 16.6 Å². The van der Waals surface area contributed by atoms with E-state index in [0.717, 1.165) is 27.9 Å². The molecule has 0 atom stereocenters. The molecule has 0 fully saturated rings. The molecule has 1 aliphatic heterocycles. The third kappa shape index (κ3) is 1.63. The number of amides is 1. The number of halogens is 1. The third-order valence-corrected chi connectivity index (χ3v) is 3.35. The van der Waals surface area contributed by atoms with Crippen molar-refractivity contribution in [1.82, 2.24) is 0 Å². The van der Waals surface area contributed by atoms with Crippen molar-refractivity contribution < 1.29 is 9.53 Å². The molecule has 0 bridgehead atoms. The molecular formula is C11H12BrNO2. The molecule has 1 aromatic carbocycles. The molecule has 0 N–H and O–H groups in total. The Kier molecular flexibility index (Phi) is 2.69. The van der Waals surface area contributed by atoms with Crippen molar-refractivity contribution >= 4 is 27.5 Å². The molecule has 1 aromatic rings. The summed E-state index contributed by atoms with van der Waals surface area (Å²) in [6.07, 6.45) is 0.881. The van der Waals surface area contributed by atoms with Gasteiger partial charge in [0.15, 0.2) is 6.61 Å². The van der Waals surface area contributed by atoms with Gasteiger partial charge in [0.2, 0.25) is 0 Å². The zero-order valence-corrected chi connectivity index (χ0v) is 10.3. The second kappa shape index (κ2) is 3.85. The number of fused-ring (bicyclic) bond motifs is 1. The van der Waals surface area contributed by atoms with Crippen LogP contribution in [0.5, 0.6) is 5.75 Å². The van der Waals surface area contributed by atoms with Crippen molar-refractivity contribution in [1.29, 1.82) is 0 Å². The summed E-state index contributed by atoms with van der Waals surface area (Å²) in [5, 5.41) is 0. The molecule has 0 spiro atoms. The average molecular weight is 270 g/mol. The first kappa shape index (κ1) is 10.5. The first-order valence-electron chi connectivity index (χ1n) is 4.86. The van der Waals surface area contributed by atoms with Crippen molar-refractivity contribution in [2.75, 3.05) is 18.6 Å². The molecule has 0 saturated heterocycles. The summed E-state index contributed by atoms with van der Waals surface area (Å²) in [5.74, 6) is 0.820. The molecule has 1 heterocycles. The van der Waals surface area contributed by atoms with Gasteiger partial charge in [-0.3, -0.25) is 4.79 Å². The highest BCUT2D eigenvalue weighted by Gasteiger charge is 2.24. The van der Waals surface area contributed by atoms with Crippen LogP contribution in [0.1, 0.15) is 12.5 Å². The second-order valence-electron chi connectivity index (χ2n) is 3.47. The zero-order valence-electron chi connectivity index (χ0n) is 8.71. The number of hydrogen-bond donors (Lipinski definition) is 0. The standard InChI is InChI=1S/C11H12BrNO2/c1-3-7-8(12)4-5-9-11(7)15-6-10(14)13(9)2/h4-5H,3,6H2,1-2H3. The Morgan fingerprint density at radius 1 is 1.53 bits per heavy atom. The van der Waals surface area contributed by atoms with Gasteiger partial charge < -0.3 is 9.64 Å². The molecule has 2 rings (SSSR count). The number of ether oxygens (including phenoxy) is 1. The van der Waals surface area contributed by atoms with Crippen molar-refractivity contribution in [3.8, 4) is 5.75 Å². The van der Waals surface area contributed by atoms with Gasteiger partial charge in [-0.15, -0.1) is 0 Å². The van der Waals surface area contributed by atoms with Crippen LogP contribution < -0.4 is 9.64 Å². The number of benzene rings is 1. The minimum atomic E-state index is -0.00752. The molecule has 0 saturated carbocycles. The lowest BCUT2D eigenvalue weighted by atomic mass is 10.1. The van der Waals surface area contributed by atoms with Gasteiger partial charge in [-0.25, -0.2) is 0 Å². The number of nitrogens with zero attached hydrogens (tertiary/aromatic N) is 1. The van der Waals surface area contributed by atoms with E-state index in [-0.39, 0.29) is 12.5 Å². The molecule has 15 heavy (non-hydrogen) atoms. The summed E-state index contributed by atoms with van der Waals surface area (Å²) in [6, 6.07) is 3.85. The van der Waals surface area contributed by atoms with Crippen molar-refractivity contribution in [3.63, 3.8) is 0 Å². The smallest absolute Gasteiger partial charge is 0.264 e. The van der Waals surface area contributed by atoms with E-state index in [0.29, 0.717) is 0 Å². The lowest BCUT2D eigenvalue weighted by molar-refractivity contribution is -0.121. The van der Waals surface area contributed by atoms with Gasteiger partial charge in [-0.2, -0.15) is 0 Å². The molecule has 4 heteroatoms. The predicted molar refractivity (Wildman–Crippen MR) is 62.4 cm³/mol. The maximum Gasteiger partial charge on any atom is 0.264 e. The van der Waals surface area contributed by atoms with Crippen molar-refractivity contribution in [3.05, 3.63) is 22.2 Å². The minimum Gasteiger partial charge on any atom is -0.481 e. The molecule has 80 valence electrons. The molecule has 1 aliphatic rings. The largest absolute Gasteiger partial charge is 0.481 e. The van der Waals surface area contributed by atoms with E-state index >= 15 is 0 Å². The summed E-state index contributed by atoms with van der Waals surface area (Å²) >= 11 is 3.49. The van der Waals surface area contributed by atoms with Gasteiger partial charge in [-0.05, 0) is 18.6 Å². The Morgan fingerprint density at radius 2 is 2.27 bits per heavy atom. The van der Waals surface area contributed by atoms with Gasteiger partial charge in [0.05, 0.1) is 5.69 Å². The summed E-state index contributed by atoms with van der Waals surface area (Å²) in [7, 11) is 1.77. The van der Waals surface area contributed by atoms with Crippen LogP contribution in [-0.2, 0) is 11.2 Å². The molecule has 0 unspecified atom stereocenters. The van der Waals surface area contributed by atoms with Crippen LogP contribution in [0.2, 0.25) is 0 Å². The van der Waals surface area contributed by atoms with E-state index in [4.69, 9.17) is 4.74 Å². The fraction of sp³-hybridized carbons (Fsp3) is 0.364. The van der Waals surface area contributed by atoms with Crippen molar-refractivity contribution in [2.24, 2.45) is 0 Å². The van der Waals surface area contributed by atoms with Crippen molar-refractivity contribution in [2.45, 2.75) is 13.3 Å². The Morgan fingerprint density at radius 3 is 2.93 bits per heavy atom. The first-order valence-corrected chi connectivity index (χ1v) is 5.65. The number of rotatable bonds is 1. The summed E-state index contributed by atoms with van der Waals surface area (Å²) < 4.78 is 6.52. The van der Waals surface area contributed by atoms with Crippen LogP contribution in [0.25, 0.3) is 0 Å². The Hall–Kier alpha value is -1.03. The Labute approximate surface area is 97.2 Å². The lowest BCUT2D eigenvalue weighted by Crippen LogP contribution is -2.35. The fourth-order valence-electron chi connectivity index (χ4n) is 1.71. The normalized spacial score (nSPS) is 14.9. The van der Waals surface area contributed by atoms with E-state index in [1.165, 1.54) is 0 Å². The SMILES string of the molecule is CCc1c(Br)ccc2c1OCC(=O)N2C. The number of carbonyl (C=O) groups is 1. The molecular weight excluding hydrogens is 258 g/mol. The Bertz CT molecular complexity index is 417. The molecule has 1 amide bonds. The lowest BCUT2D eigenvalue weighted by Gasteiger charge is -2.27. The molecule has 0 radical (unpaired) electrons. The van der Waals surface area contributed by atoms with E-state index in [2.05, 4.69) is 22.9 Å². The van der Waals surface area contributed by atoms with Crippen LogP contribution >= 0.6 is 15.9 Å². The maximum absolute atomic E-state index is 11.4. The number of likely N-dealkylation sites (N-methyl/N-ethyl adjacent to an activating group) is 1. The van der Waals surface area contributed by atoms with Crippen LogP contribution in [0.3, 0.4) is 0 Å². The van der Waals surface area contributed by atoms with E-state index in [1.807, 2.05) is 12.1 Å². The maximum atomic E-state index is 11.4. The molecule has 3 nitrogen and oxygen atoms in total. The average Bonchev–Trinajstić information content (AvgIpc) is 2.23. The Balaban J connectivity index is 2.58. The van der Waals surface area contributed by atoms with Gasteiger partial charge in [0.25, 0.3) is 5.91 Å². The fourth-order valence-corrected chi connectivity index (χ4v) is 2.30. The number of hydrogen-bond acceptors (Lipinski definition) is 2. The highest BCUT2D eigenvalue weighted by molar-refractivity contribution is 9.10. The quantitative estimate of drug-likeness (QED) is 0.784. The van der Waals surface area contributed by atoms with E-state index < -0.39 is 0 Å². The third-order valence-electron chi connectivity index (χ3n) is 2.61.